The third-order valence-electron chi connectivity index (χ3n) is 5.20. The Hall–Kier alpha value is -1.98. The van der Waals surface area contributed by atoms with Crippen molar-refractivity contribution in [1.29, 1.82) is 0 Å². The molecule has 1 unspecified atom stereocenters. The number of rotatable bonds is 7. The predicted molar refractivity (Wildman–Crippen MR) is 106 cm³/mol. The molecule has 2 heterocycles. The number of nitrogens with one attached hydrogen (secondary N) is 1. The van der Waals surface area contributed by atoms with E-state index in [0.717, 1.165) is 62.3 Å². The number of para-hydroxylation sites is 1. The van der Waals surface area contributed by atoms with Gasteiger partial charge in [-0.2, -0.15) is 0 Å². The SMILES string of the molecule is CCN1CCN(CC(C)CNC(=O)Cc2cccc3cccnc23)CC1. The van der Waals surface area contributed by atoms with Gasteiger partial charge in [-0.15, -0.1) is 0 Å². The van der Waals surface area contributed by atoms with E-state index in [9.17, 15) is 4.79 Å². The van der Waals surface area contributed by atoms with Crippen molar-refractivity contribution in [2.24, 2.45) is 5.92 Å². The highest BCUT2D eigenvalue weighted by molar-refractivity contribution is 5.87. The van der Waals surface area contributed by atoms with E-state index in [1.165, 1.54) is 0 Å². The number of benzene rings is 1. The standard InChI is InChI=1S/C21H30N4O/c1-3-24-10-12-25(13-11-24)16-17(2)15-23-20(26)14-19-7-4-6-18-8-5-9-22-21(18)19/h4-9,17H,3,10-16H2,1-2H3,(H,23,26). The number of carbonyl (C=O) groups excluding carboxylic acids is 1. The molecule has 26 heavy (non-hydrogen) atoms. The smallest absolute Gasteiger partial charge is 0.224 e. The summed E-state index contributed by atoms with van der Waals surface area (Å²) in [6.45, 7) is 11.9. The topological polar surface area (TPSA) is 48.5 Å². The van der Waals surface area contributed by atoms with E-state index in [0.29, 0.717) is 12.3 Å². The van der Waals surface area contributed by atoms with Crippen LogP contribution < -0.4 is 5.32 Å². The number of hydrogen-bond donors (Lipinski definition) is 1. The van der Waals surface area contributed by atoms with Crippen LogP contribution in [0.4, 0.5) is 0 Å². The molecule has 1 saturated heterocycles. The van der Waals surface area contributed by atoms with Gasteiger partial charge in [0.05, 0.1) is 11.9 Å². The maximum atomic E-state index is 12.4. The van der Waals surface area contributed by atoms with Crippen molar-refractivity contribution < 1.29 is 4.79 Å². The van der Waals surface area contributed by atoms with E-state index in [1.807, 2.05) is 30.3 Å². The second-order valence-corrected chi connectivity index (χ2v) is 7.31. The molecule has 0 bridgehead atoms. The zero-order valence-electron chi connectivity index (χ0n) is 15.9. The molecule has 2 aromatic rings. The number of likely N-dealkylation sites (N-methyl/N-ethyl adjacent to an activating group) is 1. The summed E-state index contributed by atoms with van der Waals surface area (Å²) in [6.07, 6.45) is 2.17. The number of fused-ring (bicyclic) bond motifs is 1. The molecular weight excluding hydrogens is 324 g/mol. The number of carbonyl (C=O) groups is 1. The molecule has 0 saturated carbocycles. The van der Waals surface area contributed by atoms with Crippen LogP contribution in [0.1, 0.15) is 19.4 Å². The summed E-state index contributed by atoms with van der Waals surface area (Å²) in [6, 6.07) is 9.97. The fourth-order valence-electron chi connectivity index (χ4n) is 3.63. The van der Waals surface area contributed by atoms with E-state index >= 15 is 0 Å². The van der Waals surface area contributed by atoms with Crippen LogP contribution in [0, 0.1) is 5.92 Å². The van der Waals surface area contributed by atoms with Gasteiger partial charge >= 0.3 is 0 Å². The molecule has 1 aliphatic heterocycles. The molecule has 1 N–H and O–H groups in total. The second-order valence-electron chi connectivity index (χ2n) is 7.31. The lowest BCUT2D eigenvalue weighted by molar-refractivity contribution is -0.120. The molecule has 1 amide bonds. The number of hydrogen-bond acceptors (Lipinski definition) is 4. The van der Waals surface area contributed by atoms with Gasteiger partial charge in [0.15, 0.2) is 0 Å². The molecule has 1 aromatic heterocycles. The first-order chi connectivity index (χ1) is 12.7. The lowest BCUT2D eigenvalue weighted by Crippen LogP contribution is -2.48. The molecule has 3 rings (SSSR count). The van der Waals surface area contributed by atoms with Gasteiger partial charge in [0.1, 0.15) is 0 Å². The predicted octanol–water partition coefficient (Wildman–Crippen LogP) is 2.17. The Morgan fingerprint density at radius 2 is 1.88 bits per heavy atom. The third kappa shape index (κ3) is 5.02. The molecule has 5 heteroatoms. The van der Waals surface area contributed by atoms with Gasteiger partial charge in [0.2, 0.25) is 5.91 Å². The number of aromatic nitrogens is 1. The first kappa shape index (κ1) is 18.8. The quantitative estimate of drug-likeness (QED) is 0.828. The average Bonchev–Trinajstić information content (AvgIpc) is 2.67. The van der Waals surface area contributed by atoms with Crippen molar-refractivity contribution in [2.45, 2.75) is 20.3 Å². The van der Waals surface area contributed by atoms with Crippen molar-refractivity contribution in [1.82, 2.24) is 20.1 Å². The van der Waals surface area contributed by atoms with Gasteiger partial charge in [-0.1, -0.05) is 38.1 Å². The molecule has 1 aromatic carbocycles. The van der Waals surface area contributed by atoms with Gasteiger partial charge in [0, 0.05) is 50.9 Å². The first-order valence-electron chi connectivity index (χ1n) is 9.69. The van der Waals surface area contributed by atoms with E-state index in [4.69, 9.17) is 0 Å². The molecule has 0 radical (unpaired) electrons. The normalized spacial score (nSPS) is 17.3. The summed E-state index contributed by atoms with van der Waals surface area (Å²) in [4.78, 5) is 21.8. The molecule has 140 valence electrons. The minimum atomic E-state index is 0.0748. The summed E-state index contributed by atoms with van der Waals surface area (Å²) >= 11 is 0. The van der Waals surface area contributed by atoms with Crippen molar-refractivity contribution in [2.75, 3.05) is 45.8 Å². The van der Waals surface area contributed by atoms with Crippen LogP contribution >= 0.6 is 0 Å². The monoisotopic (exact) mass is 354 g/mol. The lowest BCUT2D eigenvalue weighted by Gasteiger charge is -2.35. The number of piperazine rings is 1. The molecule has 0 aliphatic carbocycles. The fraction of sp³-hybridized carbons (Fsp3) is 0.524. The molecule has 5 nitrogen and oxygen atoms in total. The van der Waals surface area contributed by atoms with Crippen LogP contribution in [0.25, 0.3) is 10.9 Å². The van der Waals surface area contributed by atoms with Gasteiger partial charge in [-0.3, -0.25) is 9.78 Å². The molecule has 0 spiro atoms. The van der Waals surface area contributed by atoms with Crippen LogP contribution in [-0.4, -0.2) is 66.5 Å². The Morgan fingerprint density at radius 3 is 2.65 bits per heavy atom. The van der Waals surface area contributed by atoms with Crippen LogP contribution in [0.15, 0.2) is 36.5 Å². The summed E-state index contributed by atoms with van der Waals surface area (Å²) in [7, 11) is 0. The molecule has 1 aliphatic rings. The third-order valence-corrected chi connectivity index (χ3v) is 5.20. The highest BCUT2D eigenvalue weighted by atomic mass is 16.1. The summed E-state index contributed by atoms with van der Waals surface area (Å²) in [5.74, 6) is 0.531. The van der Waals surface area contributed by atoms with Crippen molar-refractivity contribution in [3.05, 3.63) is 42.1 Å². The summed E-state index contributed by atoms with van der Waals surface area (Å²) in [5.41, 5.74) is 1.91. The zero-order valence-corrected chi connectivity index (χ0v) is 15.9. The Kier molecular flexibility index (Phi) is 6.58. The fourth-order valence-corrected chi connectivity index (χ4v) is 3.63. The van der Waals surface area contributed by atoms with E-state index < -0.39 is 0 Å². The van der Waals surface area contributed by atoms with Crippen LogP contribution in [0.2, 0.25) is 0 Å². The number of pyridine rings is 1. The highest BCUT2D eigenvalue weighted by Gasteiger charge is 2.17. The van der Waals surface area contributed by atoms with Crippen LogP contribution in [0.3, 0.4) is 0 Å². The Bertz CT molecular complexity index is 720. The molecule has 1 fully saturated rings. The highest BCUT2D eigenvalue weighted by Crippen LogP contribution is 2.16. The summed E-state index contributed by atoms with van der Waals surface area (Å²) < 4.78 is 0. The van der Waals surface area contributed by atoms with E-state index in [-0.39, 0.29) is 5.91 Å². The molecule has 1 atom stereocenters. The van der Waals surface area contributed by atoms with E-state index in [2.05, 4.69) is 33.9 Å². The first-order valence-corrected chi connectivity index (χ1v) is 9.69. The average molecular weight is 354 g/mol. The Balaban J connectivity index is 1.45. The lowest BCUT2D eigenvalue weighted by atomic mass is 10.1. The van der Waals surface area contributed by atoms with Crippen molar-refractivity contribution >= 4 is 16.8 Å². The Morgan fingerprint density at radius 1 is 1.15 bits per heavy atom. The summed E-state index contributed by atoms with van der Waals surface area (Å²) in [5, 5.41) is 4.18. The van der Waals surface area contributed by atoms with Gasteiger partial charge in [-0.05, 0) is 24.1 Å². The minimum absolute atomic E-state index is 0.0748. The molecular formula is C21H30N4O. The largest absolute Gasteiger partial charge is 0.355 e. The van der Waals surface area contributed by atoms with Crippen molar-refractivity contribution in [3.8, 4) is 0 Å². The van der Waals surface area contributed by atoms with Gasteiger partial charge in [-0.25, -0.2) is 0 Å². The second kappa shape index (κ2) is 9.10. The maximum Gasteiger partial charge on any atom is 0.224 e. The van der Waals surface area contributed by atoms with Crippen molar-refractivity contribution in [3.63, 3.8) is 0 Å². The number of amides is 1. The van der Waals surface area contributed by atoms with Gasteiger partial charge in [0.25, 0.3) is 0 Å². The maximum absolute atomic E-state index is 12.4. The zero-order chi connectivity index (χ0) is 18.4. The Labute approximate surface area is 156 Å². The van der Waals surface area contributed by atoms with Gasteiger partial charge < -0.3 is 15.1 Å². The minimum Gasteiger partial charge on any atom is -0.355 e. The number of nitrogens with zero attached hydrogens (tertiary/aromatic N) is 3. The van der Waals surface area contributed by atoms with E-state index in [1.54, 1.807) is 6.20 Å². The van der Waals surface area contributed by atoms with Crippen LogP contribution in [0.5, 0.6) is 0 Å². The van der Waals surface area contributed by atoms with Crippen LogP contribution in [-0.2, 0) is 11.2 Å².